The fourth-order valence-corrected chi connectivity index (χ4v) is 2.37. The molecule has 0 atom stereocenters. The second kappa shape index (κ2) is 4.59. The van der Waals surface area contributed by atoms with Crippen LogP contribution in [-0.2, 0) is 0 Å². The average molecular weight is 288 g/mol. The summed E-state index contributed by atoms with van der Waals surface area (Å²) in [6.45, 7) is 0. The van der Waals surface area contributed by atoms with Gasteiger partial charge in [0.1, 0.15) is 27.7 Å². The Bertz CT molecular complexity index is 910. The van der Waals surface area contributed by atoms with Crippen molar-refractivity contribution in [2.45, 2.75) is 0 Å². The average Bonchev–Trinajstić information content (AvgIpc) is 2.45. The Morgan fingerprint density at radius 3 is 2.33 bits per heavy atom. The summed E-state index contributed by atoms with van der Waals surface area (Å²) < 4.78 is 15.8. The summed E-state index contributed by atoms with van der Waals surface area (Å²) in [5.41, 5.74) is -0.0909. The summed E-state index contributed by atoms with van der Waals surface area (Å²) >= 11 is 0. The van der Waals surface area contributed by atoms with Crippen LogP contribution in [0.1, 0.15) is 0 Å². The predicted octanol–water partition coefficient (Wildman–Crippen LogP) is 2.37. The number of hydrogen-bond donors (Lipinski definition) is 2. The van der Waals surface area contributed by atoms with Crippen LogP contribution in [0, 0.1) is 0 Å². The fourth-order valence-electron chi connectivity index (χ4n) is 2.37. The van der Waals surface area contributed by atoms with E-state index in [1.54, 1.807) is 12.1 Å². The number of ether oxygens (including phenoxy) is 2. The van der Waals surface area contributed by atoms with Gasteiger partial charge in [0.05, 0.1) is 14.2 Å². The van der Waals surface area contributed by atoms with Crippen LogP contribution in [0.15, 0.2) is 33.5 Å². The molecule has 0 aliphatic rings. The molecule has 0 aliphatic carbocycles. The first-order chi connectivity index (χ1) is 10.1. The molecule has 6 nitrogen and oxygen atoms in total. The summed E-state index contributed by atoms with van der Waals surface area (Å²) in [5.74, 6) is -0.291. The van der Waals surface area contributed by atoms with Crippen LogP contribution in [0.3, 0.4) is 0 Å². The molecule has 2 N–H and O–H groups in total. The first kappa shape index (κ1) is 13.1. The summed E-state index contributed by atoms with van der Waals surface area (Å²) in [6.07, 6.45) is 0. The molecule has 0 aliphatic heterocycles. The number of hydrogen-bond acceptors (Lipinski definition) is 6. The van der Waals surface area contributed by atoms with Crippen LogP contribution in [0.2, 0.25) is 0 Å². The molecule has 3 rings (SSSR count). The van der Waals surface area contributed by atoms with Crippen molar-refractivity contribution in [1.29, 1.82) is 0 Å². The SMILES string of the molecule is COc1c(O)cc2oc3cccc(O)c3c(=O)c2c1OC. The Balaban J connectivity index is 2.62. The normalized spacial score (nSPS) is 11.0. The highest BCUT2D eigenvalue weighted by Gasteiger charge is 2.21. The van der Waals surface area contributed by atoms with Gasteiger partial charge in [0, 0.05) is 6.07 Å². The van der Waals surface area contributed by atoms with Crippen molar-refractivity contribution >= 4 is 21.9 Å². The lowest BCUT2D eigenvalue weighted by Gasteiger charge is -2.12. The second-order valence-corrected chi connectivity index (χ2v) is 4.42. The number of aromatic hydroxyl groups is 2. The summed E-state index contributed by atoms with van der Waals surface area (Å²) in [4.78, 5) is 12.6. The lowest BCUT2D eigenvalue weighted by Crippen LogP contribution is -2.05. The van der Waals surface area contributed by atoms with Gasteiger partial charge in [-0.3, -0.25) is 4.79 Å². The molecule has 0 saturated heterocycles. The van der Waals surface area contributed by atoms with Gasteiger partial charge < -0.3 is 24.1 Å². The van der Waals surface area contributed by atoms with Gasteiger partial charge in [0.25, 0.3) is 0 Å². The van der Waals surface area contributed by atoms with Crippen LogP contribution in [0.25, 0.3) is 21.9 Å². The van der Waals surface area contributed by atoms with Crippen LogP contribution < -0.4 is 14.9 Å². The molecule has 0 fully saturated rings. The third-order valence-electron chi connectivity index (χ3n) is 3.27. The minimum atomic E-state index is -0.459. The molecule has 0 unspecified atom stereocenters. The largest absolute Gasteiger partial charge is 0.507 e. The molecule has 1 aromatic heterocycles. The van der Waals surface area contributed by atoms with E-state index >= 15 is 0 Å². The van der Waals surface area contributed by atoms with Crippen LogP contribution in [-0.4, -0.2) is 24.4 Å². The molecule has 6 heteroatoms. The van der Waals surface area contributed by atoms with Crippen LogP contribution in [0.5, 0.6) is 23.0 Å². The van der Waals surface area contributed by atoms with Crippen molar-refractivity contribution in [3.8, 4) is 23.0 Å². The highest BCUT2D eigenvalue weighted by atomic mass is 16.5. The minimum absolute atomic E-state index is 0.0343. The summed E-state index contributed by atoms with van der Waals surface area (Å²) in [7, 11) is 2.70. The molecule has 2 aromatic carbocycles. The Labute approximate surface area is 118 Å². The molecular formula is C15H12O6. The van der Waals surface area contributed by atoms with E-state index in [1.165, 1.54) is 26.4 Å². The van der Waals surface area contributed by atoms with Gasteiger partial charge in [-0.25, -0.2) is 0 Å². The van der Waals surface area contributed by atoms with Crippen molar-refractivity contribution < 1.29 is 24.1 Å². The molecule has 0 radical (unpaired) electrons. The smallest absolute Gasteiger partial charge is 0.208 e. The van der Waals surface area contributed by atoms with Gasteiger partial charge in [-0.15, -0.1) is 0 Å². The lowest BCUT2D eigenvalue weighted by molar-refractivity contribution is 0.335. The highest BCUT2D eigenvalue weighted by Crippen LogP contribution is 2.42. The molecule has 3 aromatic rings. The molecule has 21 heavy (non-hydrogen) atoms. The maximum Gasteiger partial charge on any atom is 0.208 e. The number of phenols is 2. The van der Waals surface area contributed by atoms with Crippen molar-refractivity contribution in [3.05, 3.63) is 34.5 Å². The molecule has 0 spiro atoms. The molecule has 0 saturated carbocycles. The zero-order chi connectivity index (χ0) is 15.1. The molecular weight excluding hydrogens is 276 g/mol. The lowest BCUT2D eigenvalue weighted by atomic mass is 10.1. The van der Waals surface area contributed by atoms with Gasteiger partial charge in [0.15, 0.2) is 11.5 Å². The highest BCUT2D eigenvalue weighted by molar-refractivity contribution is 5.98. The molecule has 0 bridgehead atoms. The topological polar surface area (TPSA) is 89.1 Å². The van der Waals surface area contributed by atoms with Crippen molar-refractivity contribution in [1.82, 2.24) is 0 Å². The van der Waals surface area contributed by atoms with Crippen LogP contribution >= 0.6 is 0 Å². The minimum Gasteiger partial charge on any atom is -0.507 e. The number of rotatable bonds is 2. The van der Waals surface area contributed by atoms with Crippen molar-refractivity contribution in [2.24, 2.45) is 0 Å². The number of phenolic OH excluding ortho intramolecular Hbond substituents is 2. The van der Waals surface area contributed by atoms with Crippen molar-refractivity contribution in [2.75, 3.05) is 14.2 Å². The van der Waals surface area contributed by atoms with E-state index in [4.69, 9.17) is 13.9 Å². The Kier molecular flexibility index (Phi) is 2.86. The van der Waals surface area contributed by atoms with E-state index in [-0.39, 0.29) is 44.9 Å². The molecule has 108 valence electrons. The summed E-state index contributed by atoms with van der Waals surface area (Å²) in [5, 5.41) is 19.9. The first-order valence-electron chi connectivity index (χ1n) is 6.11. The van der Waals surface area contributed by atoms with Gasteiger partial charge in [-0.05, 0) is 12.1 Å². The number of methoxy groups -OCH3 is 2. The number of fused-ring (bicyclic) bond motifs is 2. The fraction of sp³-hybridized carbons (Fsp3) is 0.133. The standard InChI is InChI=1S/C15H12O6/c1-19-14-8(17)6-10-12(15(14)20-2)13(18)11-7(16)4-3-5-9(11)21-10/h3-6,16-17H,1-2H3. The zero-order valence-corrected chi connectivity index (χ0v) is 11.3. The van der Waals surface area contributed by atoms with Crippen molar-refractivity contribution in [3.63, 3.8) is 0 Å². The van der Waals surface area contributed by atoms with E-state index in [2.05, 4.69) is 0 Å². The quantitative estimate of drug-likeness (QED) is 0.704. The van der Waals surface area contributed by atoms with Gasteiger partial charge in [0.2, 0.25) is 11.2 Å². The monoisotopic (exact) mass is 288 g/mol. The Morgan fingerprint density at radius 1 is 0.952 bits per heavy atom. The molecule has 1 heterocycles. The van der Waals surface area contributed by atoms with E-state index in [9.17, 15) is 15.0 Å². The van der Waals surface area contributed by atoms with Gasteiger partial charge in [-0.1, -0.05) is 6.07 Å². The second-order valence-electron chi connectivity index (χ2n) is 4.42. The maximum absolute atomic E-state index is 12.6. The Morgan fingerprint density at radius 2 is 1.67 bits per heavy atom. The van der Waals surface area contributed by atoms with Crippen LogP contribution in [0.4, 0.5) is 0 Å². The van der Waals surface area contributed by atoms with E-state index in [1.807, 2.05) is 0 Å². The first-order valence-corrected chi connectivity index (χ1v) is 6.11. The van der Waals surface area contributed by atoms with Gasteiger partial charge >= 0.3 is 0 Å². The zero-order valence-electron chi connectivity index (χ0n) is 11.3. The van der Waals surface area contributed by atoms with E-state index in [0.717, 1.165) is 0 Å². The maximum atomic E-state index is 12.6. The van der Waals surface area contributed by atoms with E-state index in [0.29, 0.717) is 0 Å². The van der Waals surface area contributed by atoms with Gasteiger partial charge in [-0.2, -0.15) is 0 Å². The number of benzene rings is 2. The third-order valence-corrected chi connectivity index (χ3v) is 3.27. The predicted molar refractivity (Wildman–Crippen MR) is 76.4 cm³/mol. The molecule has 0 amide bonds. The summed E-state index contributed by atoms with van der Waals surface area (Å²) in [6, 6.07) is 5.80. The third kappa shape index (κ3) is 1.76. The van der Waals surface area contributed by atoms with E-state index < -0.39 is 5.43 Å². The Hall–Kier alpha value is -2.89.